The molecule has 0 radical (unpaired) electrons. The number of esters is 1. The van der Waals surface area contributed by atoms with E-state index in [2.05, 4.69) is 48.5 Å². The molecule has 0 aliphatic carbocycles. The lowest BCUT2D eigenvalue weighted by atomic mass is 9.80. The van der Waals surface area contributed by atoms with Crippen molar-refractivity contribution in [2.75, 3.05) is 6.61 Å². The van der Waals surface area contributed by atoms with Crippen molar-refractivity contribution in [2.24, 2.45) is 5.41 Å². The normalized spacial score (nSPS) is 18.4. The monoisotopic (exact) mass is 598 g/mol. The third kappa shape index (κ3) is 6.56. The van der Waals surface area contributed by atoms with Gasteiger partial charge in [-0.05, 0) is 61.1 Å². The van der Waals surface area contributed by atoms with Crippen LogP contribution >= 0.6 is 0 Å². The Morgan fingerprint density at radius 1 is 0.667 bits per heavy atom. The summed E-state index contributed by atoms with van der Waals surface area (Å²) in [4.78, 5) is 13.1. The third-order valence-electron chi connectivity index (χ3n) is 7.99. The highest BCUT2D eigenvalue weighted by Crippen LogP contribution is 2.41. The van der Waals surface area contributed by atoms with Gasteiger partial charge in [-0.15, -0.1) is 0 Å². The van der Waals surface area contributed by atoms with E-state index in [4.69, 9.17) is 18.9 Å². The Hall–Kier alpha value is -4.71. The van der Waals surface area contributed by atoms with Crippen molar-refractivity contribution in [1.29, 1.82) is 0 Å². The minimum atomic E-state index is -0.959. The lowest BCUT2D eigenvalue weighted by Gasteiger charge is -2.39. The number of benzene rings is 5. The van der Waals surface area contributed by atoms with Gasteiger partial charge in [0.25, 0.3) is 0 Å². The van der Waals surface area contributed by atoms with Crippen LogP contribution in [0.15, 0.2) is 146 Å². The van der Waals surface area contributed by atoms with Crippen LogP contribution < -0.4 is 4.74 Å². The number of fused-ring (bicyclic) bond motifs is 1. The number of carbonyl (C=O) groups excluding carboxylic acids is 1. The summed E-state index contributed by atoms with van der Waals surface area (Å²) in [5.41, 5.74) is 1.28. The Balaban J connectivity index is 1.36. The summed E-state index contributed by atoms with van der Waals surface area (Å²) in [5, 5.41) is 2.06. The van der Waals surface area contributed by atoms with Crippen LogP contribution in [-0.4, -0.2) is 31.1 Å². The number of carbonyl (C=O) groups is 1. The highest BCUT2D eigenvalue weighted by molar-refractivity contribution is 5.88. The molecular formula is C40H38O5. The maximum Gasteiger partial charge on any atom is 0.311 e. The molecule has 6 rings (SSSR count). The van der Waals surface area contributed by atoms with E-state index in [1.807, 2.05) is 112 Å². The molecule has 1 heterocycles. The van der Waals surface area contributed by atoms with Gasteiger partial charge in [0.2, 0.25) is 6.29 Å². The Morgan fingerprint density at radius 2 is 1.20 bits per heavy atom. The highest BCUT2D eigenvalue weighted by Gasteiger charge is 2.41. The summed E-state index contributed by atoms with van der Waals surface area (Å²) in [6, 6.07) is 44.5. The summed E-state index contributed by atoms with van der Waals surface area (Å²) in [5.74, 6) is 0.388. The molecule has 0 bridgehead atoms. The standard InChI is InChI=1S/C40H38O5/c1-39(2,3)38(41)45-35-26-27-37(43-34-25-15-17-29-16-13-14-24-33(29)34)44-36(35)28-42-40(30-18-7-4-8-19-30,31-20-9-5-10-21-31)32-22-11-6-12-23-32/h4-27,35-37H,28H2,1-3H3/t35-,36+,37-/m0/s1. The number of hydrogen-bond donors (Lipinski definition) is 0. The summed E-state index contributed by atoms with van der Waals surface area (Å²) >= 11 is 0. The van der Waals surface area contributed by atoms with Gasteiger partial charge >= 0.3 is 5.97 Å². The van der Waals surface area contributed by atoms with Gasteiger partial charge in [0.05, 0.1) is 12.0 Å². The van der Waals surface area contributed by atoms with Crippen LogP contribution in [0.25, 0.3) is 10.8 Å². The summed E-state index contributed by atoms with van der Waals surface area (Å²) in [6.07, 6.45) is 1.61. The number of ether oxygens (including phenoxy) is 4. The molecule has 5 aromatic carbocycles. The predicted molar refractivity (Wildman–Crippen MR) is 177 cm³/mol. The zero-order valence-electron chi connectivity index (χ0n) is 25.8. The molecule has 0 spiro atoms. The number of hydrogen-bond acceptors (Lipinski definition) is 5. The van der Waals surface area contributed by atoms with Crippen molar-refractivity contribution in [3.8, 4) is 5.75 Å². The minimum Gasteiger partial charge on any atom is -0.461 e. The summed E-state index contributed by atoms with van der Waals surface area (Å²) in [6.45, 7) is 5.63. The average Bonchev–Trinajstić information content (AvgIpc) is 3.07. The molecule has 0 N–H and O–H groups in total. The third-order valence-corrected chi connectivity index (χ3v) is 7.99. The molecule has 5 aromatic rings. The van der Waals surface area contributed by atoms with E-state index in [1.165, 1.54) is 0 Å². The van der Waals surface area contributed by atoms with Gasteiger partial charge < -0.3 is 18.9 Å². The zero-order chi connectivity index (χ0) is 31.3. The fraction of sp³-hybridized carbons (Fsp3) is 0.225. The van der Waals surface area contributed by atoms with Crippen LogP contribution in [-0.2, 0) is 24.6 Å². The van der Waals surface area contributed by atoms with Crippen LogP contribution in [0, 0.1) is 5.41 Å². The lowest BCUT2D eigenvalue weighted by Crippen LogP contribution is -2.46. The van der Waals surface area contributed by atoms with Crippen molar-refractivity contribution in [2.45, 2.75) is 44.9 Å². The van der Waals surface area contributed by atoms with E-state index in [0.717, 1.165) is 27.5 Å². The molecule has 1 aliphatic heterocycles. The van der Waals surface area contributed by atoms with Crippen LogP contribution in [0.4, 0.5) is 0 Å². The van der Waals surface area contributed by atoms with Crippen molar-refractivity contribution < 1.29 is 23.7 Å². The summed E-state index contributed by atoms with van der Waals surface area (Å²) < 4.78 is 26.1. The van der Waals surface area contributed by atoms with Gasteiger partial charge in [-0.1, -0.05) is 127 Å². The highest BCUT2D eigenvalue weighted by atomic mass is 16.7. The van der Waals surface area contributed by atoms with Crippen LogP contribution in [0.2, 0.25) is 0 Å². The molecule has 0 fully saturated rings. The van der Waals surface area contributed by atoms with Crippen LogP contribution in [0.1, 0.15) is 37.5 Å². The van der Waals surface area contributed by atoms with E-state index in [1.54, 1.807) is 6.08 Å². The van der Waals surface area contributed by atoms with Crippen molar-refractivity contribution in [3.63, 3.8) is 0 Å². The van der Waals surface area contributed by atoms with Gasteiger partial charge in [-0.3, -0.25) is 4.79 Å². The lowest BCUT2D eigenvalue weighted by molar-refractivity contribution is -0.188. The van der Waals surface area contributed by atoms with Crippen molar-refractivity contribution in [1.82, 2.24) is 0 Å². The quantitative estimate of drug-likeness (QED) is 0.0968. The average molecular weight is 599 g/mol. The largest absolute Gasteiger partial charge is 0.461 e. The first-order valence-corrected chi connectivity index (χ1v) is 15.3. The Kier molecular flexibility index (Phi) is 8.83. The molecule has 1 aliphatic rings. The molecule has 5 heteroatoms. The second-order valence-electron chi connectivity index (χ2n) is 12.2. The minimum absolute atomic E-state index is 0.112. The Labute approximate surface area is 265 Å². The van der Waals surface area contributed by atoms with E-state index in [-0.39, 0.29) is 12.6 Å². The first-order chi connectivity index (χ1) is 21.8. The van der Waals surface area contributed by atoms with Gasteiger partial charge in [-0.25, -0.2) is 0 Å². The molecule has 228 valence electrons. The van der Waals surface area contributed by atoms with Crippen LogP contribution in [0.5, 0.6) is 5.75 Å². The van der Waals surface area contributed by atoms with Gasteiger partial charge in [0, 0.05) is 5.39 Å². The zero-order valence-corrected chi connectivity index (χ0v) is 25.8. The summed E-state index contributed by atoms with van der Waals surface area (Å²) in [7, 11) is 0. The second-order valence-corrected chi connectivity index (χ2v) is 12.2. The van der Waals surface area contributed by atoms with Crippen molar-refractivity contribution >= 4 is 16.7 Å². The first kappa shape index (κ1) is 30.3. The van der Waals surface area contributed by atoms with Crippen LogP contribution in [0.3, 0.4) is 0 Å². The Bertz CT molecular complexity index is 1640. The predicted octanol–water partition coefficient (Wildman–Crippen LogP) is 8.47. The van der Waals surface area contributed by atoms with E-state index in [0.29, 0.717) is 5.75 Å². The van der Waals surface area contributed by atoms with E-state index >= 15 is 0 Å². The topological polar surface area (TPSA) is 54.0 Å². The van der Waals surface area contributed by atoms with Crippen molar-refractivity contribution in [3.05, 3.63) is 162 Å². The molecule has 0 unspecified atom stereocenters. The van der Waals surface area contributed by atoms with E-state index in [9.17, 15) is 4.79 Å². The van der Waals surface area contributed by atoms with E-state index < -0.39 is 29.5 Å². The van der Waals surface area contributed by atoms with Gasteiger partial charge in [-0.2, -0.15) is 0 Å². The molecule has 0 saturated carbocycles. The number of rotatable bonds is 9. The molecule has 0 amide bonds. The van der Waals surface area contributed by atoms with Gasteiger partial charge in [0.1, 0.15) is 23.6 Å². The maximum absolute atomic E-state index is 13.1. The Morgan fingerprint density at radius 3 is 1.78 bits per heavy atom. The molecule has 5 nitrogen and oxygen atoms in total. The fourth-order valence-corrected chi connectivity index (χ4v) is 5.64. The van der Waals surface area contributed by atoms with Gasteiger partial charge in [0.15, 0.2) is 0 Å². The smallest absolute Gasteiger partial charge is 0.311 e. The fourth-order valence-electron chi connectivity index (χ4n) is 5.64. The molecule has 0 saturated heterocycles. The molecule has 0 aromatic heterocycles. The maximum atomic E-state index is 13.1. The second kappa shape index (κ2) is 13.1. The molecule has 45 heavy (non-hydrogen) atoms. The molecule has 3 atom stereocenters. The molecular weight excluding hydrogens is 560 g/mol. The SMILES string of the molecule is CC(C)(C)C(=O)O[C@H]1C=C[C@@H](Oc2cccc3ccccc23)O[C@@H]1COC(c1ccccc1)(c1ccccc1)c1ccccc1. The first-order valence-electron chi connectivity index (χ1n) is 15.3.